The highest BCUT2D eigenvalue weighted by Gasteiger charge is 2.39. The molecule has 1 aromatic carbocycles. The molecule has 2 amide bonds. The highest BCUT2D eigenvalue weighted by molar-refractivity contribution is 8.15. The number of nitrogens with zero attached hydrogens (tertiary/aromatic N) is 1. The molecule has 0 aromatic heterocycles. The number of imide groups is 1. The molecule has 0 spiro atoms. The predicted molar refractivity (Wildman–Crippen MR) is 76.2 cm³/mol. The van der Waals surface area contributed by atoms with E-state index in [9.17, 15) is 14.4 Å². The van der Waals surface area contributed by atoms with Gasteiger partial charge in [0.1, 0.15) is 0 Å². The van der Waals surface area contributed by atoms with E-state index in [2.05, 4.69) is 5.32 Å². The summed E-state index contributed by atoms with van der Waals surface area (Å²) < 4.78 is 0. The Morgan fingerprint density at radius 3 is 2.85 bits per heavy atom. The number of rotatable bonds is 5. The first-order chi connectivity index (χ1) is 9.52. The molecule has 1 aromatic rings. The van der Waals surface area contributed by atoms with Crippen molar-refractivity contribution in [1.82, 2.24) is 4.90 Å². The monoisotopic (exact) mass is 314 g/mol. The van der Waals surface area contributed by atoms with Crippen LogP contribution >= 0.6 is 23.4 Å². The maximum atomic E-state index is 12.0. The summed E-state index contributed by atoms with van der Waals surface area (Å²) in [6, 6.07) is 6.05. The van der Waals surface area contributed by atoms with E-state index < -0.39 is 11.3 Å². The van der Waals surface area contributed by atoms with Gasteiger partial charge in [-0.25, -0.2) is 4.79 Å². The zero-order chi connectivity index (χ0) is 14.7. The van der Waals surface area contributed by atoms with Crippen molar-refractivity contribution < 1.29 is 19.5 Å². The van der Waals surface area contributed by atoms with Crippen LogP contribution < -0.4 is 5.32 Å². The molecular formula is C12H11ClN2O4S. The van der Waals surface area contributed by atoms with Crippen molar-refractivity contribution in [3.8, 4) is 0 Å². The first kappa shape index (κ1) is 14.7. The Morgan fingerprint density at radius 1 is 1.45 bits per heavy atom. The number of hydrogen-bond acceptors (Lipinski definition) is 5. The smallest absolute Gasteiger partial charge is 0.335 e. The lowest BCUT2D eigenvalue weighted by Gasteiger charge is -2.13. The molecule has 0 aliphatic carbocycles. The zero-order valence-electron chi connectivity index (χ0n) is 10.2. The Kier molecular flexibility index (Phi) is 4.51. The third kappa shape index (κ3) is 3.05. The molecule has 1 atom stereocenters. The fourth-order valence-electron chi connectivity index (χ4n) is 1.72. The lowest BCUT2D eigenvalue weighted by Crippen LogP contribution is -2.35. The van der Waals surface area contributed by atoms with Crippen LogP contribution in [0.15, 0.2) is 24.3 Å². The molecule has 1 fully saturated rings. The number of anilines is 1. The normalized spacial score (nSPS) is 18.4. The fourth-order valence-corrected chi connectivity index (χ4v) is 2.82. The number of alkyl halides is 1. The van der Waals surface area contributed by atoms with Crippen LogP contribution in [0.4, 0.5) is 10.5 Å². The van der Waals surface area contributed by atoms with Gasteiger partial charge in [0.2, 0.25) is 0 Å². The van der Waals surface area contributed by atoms with E-state index in [-0.39, 0.29) is 29.1 Å². The molecule has 1 heterocycles. The molecule has 0 unspecified atom stereocenters. The van der Waals surface area contributed by atoms with Gasteiger partial charge in [-0.1, -0.05) is 6.07 Å². The minimum Gasteiger partial charge on any atom is -0.478 e. The van der Waals surface area contributed by atoms with Gasteiger partial charge in [-0.05, 0) is 30.0 Å². The molecule has 0 saturated carbocycles. The van der Waals surface area contributed by atoms with Gasteiger partial charge in [0.05, 0.1) is 5.56 Å². The van der Waals surface area contributed by atoms with Crippen molar-refractivity contribution in [2.75, 3.05) is 17.7 Å². The molecule has 8 heteroatoms. The van der Waals surface area contributed by atoms with Gasteiger partial charge < -0.3 is 10.4 Å². The van der Waals surface area contributed by atoms with Gasteiger partial charge in [-0.3, -0.25) is 14.5 Å². The Balaban J connectivity index is 2.11. The molecule has 0 bridgehead atoms. The van der Waals surface area contributed by atoms with Crippen LogP contribution in [0.25, 0.3) is 0 Å². The van der Waals surface area contributed by atoms with Crippen LogP contribution in [0.3, 0.4) is 0 Å². The Morgan fingerprint density at radius 2 is 2.20 bits per heavy atom. The molecule has 106 valence electrons. The molecule has 2 N–H and O–H groups in total. The number of carbonyl (C=O) groups is 3. The van der Waals surface area contributed by atoms with Crippen LogP contribution in [0.1, 0.15) is 10.4 Å². The van der Waals surface area contributed by atoms with Gasteiger partial charge in [0.25, 0.3) is 11.1 Å². The summed E-state index contributed by atoms with van der Waals surface area (Å²) in [6.45, 7) is 0.166. The number of halogens is 1. The first-order valence-electron chi connectivity index (χ1n) is 5.71. The van der Waals surface area contributed by atoms with Crippen LogP contribution in [-0.2, 0) is 4.79 Å². The molecular weight excluding hydrogens is 304 g/mol. The summed E-state index contributed by atoms with van der Waals surface area (Å²) >= 11 is 6.39. The number of carboxylic acids is 1. The number of amides is 2. The maximum Gasteiger partial charge on any atom is 0.335 e. The van der Waals surface area contributed by atoms with Gasteiger partial charge in [-0.2, -0.15) is 0 Å². The Bertz CT molecular complexity index is 566. The van der Waals surface area contributed by atoms with Crippen LogP contribution in [0.5, 0.6) is 0 Å². The fraction of sp³-hybridized carbons (Fsp3) is 0.250. The third-order valence-corrected chi connectivity index (χ3v) is 3.79. The van der Waals surface area contributed by atoms with Crippen molar-refractivity contribution in [1.29, 1.82) is 0 Å². The highest BCUT2D eigenvalue weighted by Crippen LogP contribution is 2.28. The van der Waals surface area contributed by atoms with E-state index in [1.54, 1.807) is 12.1 Å². The largest absolute Gasteiger partial charge is 0.478 e. The third-order valence-electron chi connectivity index (χ3n) is 2.64. The predicted octanol–water partition coefficient (Wildman–Crippen LogP) is 2.06. The van der Waals surface area contributed by atoms with Crippen molar-refractivity contribution in [2.45, 2.75) is 5.37 Å². The SMILES string of the molecule is O=C(O)c1cccc(N[C@H]2SC(=O)N(CCCl)C2=O)c1. The summed E-state index contributed by atoms with van der Waals surface area (Å²) in [6.07, 6.45) is 0. The first-order valence-corrected chi connectivity index (χ1v) is 7.12. The van der Waals surface area contributed by atoms with Gasteiger partial charge >= 0.3 is 5.97 Å². The standard InChI is InChI=1S/C12H11ClN2O4S/c13-4-5-15-10(16)9(20-12(15)19)14-8-3-1-2-7(6-8)11(17)18/h1-3,6,9,14H,4-5H2,(H,17,18)/t9-/m0/s1. The van der Waals surface area contributed by atoms with Crippen LogP contribution in [-0.4, -0.2) is 44.9 Å². The van der Waals surface area contributed by atoms with E-state index in [1.807, 2.05) is 0 Å². The second kappa shape index (κ2) is 6.15. The Labute approximate surface area is 124 Å². The average molecular weight is 315 g/mol. The van der Waals surface area contributed by atoms with E-state index in [4.69, 9.17) is 16.7 Å². The minimum absolute atomic E-state index is 0.106. The topological polar surface area (TPSA) is 86.7 Å². The van der Waals surface area contributed by atoms with E-state index in [0.29, 0.717) is 5.69 Å². The summed E-state index contributed by atoms with van der Waals surface area (Å²) in [5.74, 6) is -1.25. The molecule has 1 saturated heterocycles. The molecule has 1 aliphatic rings. The highest BCUT2D eigenvalue weighted by atomic mass is 35.5. The second-order valence-corrected chi connectivity index (χ2v) is 5.41. The molecule has 2 rings (SSSR count). The summed E-state index contributed by atoms with van der Waals surface area (Å²) in [7, 11) is 0. The zero-order valence-corrected chi connectivity index (χ0v) is 11.8. The van der Waals surface area contributed by atoms with Gasteiger partial charge in [0.15, 0.2) is 5.37 Å². The average Bonchev–Trinajstić information content (AvgIpc) is 2.67. The quantitative estimate of drug-likeness (QED) is 0.809. The number of thioether (sulfide) groups is 1. The number of hydrogen-bond donors (Lipinski definition) is 2. The molecule has 20 heavy (non-hydrogen) atoms. The second-order valence-electron chi connectivity index (χ2n) is 3.97. The van der Waals surface area contributed by atoms with Crippen molar-refractivity contribution in [3.63, 3.8) is 0 Å². The van der Waals surface area contributed by atoms with Crippen molar-refractivity contribution in [3.05, 3.63) is 29.8 Å². The minimum atomic E-state index is -1.06. The Hall–Kier alpha value is -1.73. The number of carboxylic acid groups (broad SMARTS) is 1. The number of carbonyl (C=O) groups excluding carboxylic acids is 2. The molecule has 0 radical (unpaired) electrons. The summed E-state index contributed by atoms with van der Waals surface area (Å²) in [5.41, 5.74) is 0.575. The molecule has 1 aliphatic heterocycles. The summed E-state index contributed by atoms with van der Waals surface area (Å²) in [5, 5.41) is 10.6. The van der Waals surface area contributed by atoms with Crippen LogP contribution in [0.2, 0.25) is 0 Å². The van der Waals surface area contributed by atoms with E-state index >= 15 is 0 Å². The number of benzene rings is 1. The van der Waals surface area contributed by atoms with Gasteiger partial charge in [0, 0.05) is 18.1 Å². The number of aromatic carboxylic acids is 1. The molecule has 6 nitrogen and oxygen atoms in total. The van der Waals surface area contributed by atoms with Crippen LogP contribution in [0, 0.1) is 0 Å². The summed E-state index contributed by atoms with van der Waals surface area (Å²) in [4.78, 5) is 35.5. The maximum absolute atomic E-state index is 12.0. The van der Waals surface area contributed by atoms with E-state index in [1.165, 1.54) is 12.1 Å². The van der Waals surface area contributed by atoms with Gasteiger partial charge in [-0.15, -0.1) is 11.6 Å². The lowest BCUT2D eigenvalue weighted by atomic mass is 10.2. The van der Waals surface area contributed by atoms with Crippen molar-refractivity contribution >= 4 is 46.2 Å². The van der Waals surface area contributed by atoms with E-state index in [0.717, 1.165) is 16.7 Å². The van der Waals surface area contributed by atoms with Crippen molar-refractivity contribution in [2.24, 2.45) is 0 Å². The number of nitrogens with one attached hydrogen (secondary N) is 1. The lowest BCUT2D eigenvalue weighted by molar-refractivity contribution is -0.126.